The number of rotatable bonds is 4. The van der Waals surface area contributed by atoms with Gasteiger partial charge in [-0.2, -0.15) is 0 Å². The molecule has 5 nitrogen and oxygen atoms in total. The van der Waals surface area contributed by atoms with Crippen LogP contribution in [0.2, 0.25) is 10.0 Å². The summed E-state index contributed by atoms with van der Waals surface area (Å²) >= 11 is 12.8. The summed E-state index contributed by atoms with van der Waals surface area (Å²) < 4.78 is 11.1. The van der Waals surface area contributed by atoms with Crippen molar-refractivity contribution in [1.82, 2.24) is 10.1 Å². The lowest BCUT2D eigenvalue weighted by Crippen LogP contribution is -2.41. The van der Waals surface area contributed by atoms with Crippen molar-refractivity contribution in [2.24, 2.45) is 11.3 Å². The van der Waals surface area contributed by atoms with Gasteiger partial charge in [-0.25, -0.2) is 0 Å². The first-order valence-corrected chi connectivity index (χ1v) is 9.60. The number of hydrogen-bond acceptors (Lipinski definition) is 5. The predicted molar refractivity (Wildman–Crippen MR) is 100 cm³/mol. The number of aromatic nitrogens is 1. The smallest absolute Gasteiger partial charge is 0.138 e. The molecule has 0 radical (unpaired) electrons. The number of hydrogen-bond donors (Lipinski definition) is 1. The third kappa shape index (κ3) is 3.06. The van der Waals surface area contributed by atoms with Gasteiger partial charge < -0.3 is 14.4 Å². The minimum atomic E-state index is -0.0640. The Balaban J connectivity index is 1.63. The van der Waals surface area contributed by atoms with Crippen molar-refractivity contribution in [3.63, 3.8) is 0 Å². The van der Waals surface area contributed by atoms with Crippen LogP contribution < -0.4 is 0 Å². The summed E-state index contributed by atoms with van der Waals surface area (Å²) in [5, 5.41) is 15.4. The molecule has 0 spiro atoms. The number of ether oxygens (including phenoxy) is 1. The van der Waals surface area contributed by atoms with Gasteiger partial charge in [0.05, 0.1) is 23.3 Å². The Hall–Kier alpha value is -1.11. The monoisotopic (exact) mass is 396 g/mol. The fourth-order valence-electron chi connectivity index (χ4n) is 4.26. The molecule has 2 fully saturated rings. The summed E-state index contributed by atoms with van der Waals surface area (Å²) in [5.41, 5.74) is 2.33. The zero-order chi connectivity index (χ0) is 18.3. The van der Waals surface area contributed by atoms with Gasteiger partial charge in [-0.1, -0.05) is 34.4 Å². The zero-order valence-electron chi connectivity index (χ0n) is 14.7. The molecule has 0 unspecified atom stereocenters. The molecule has 2 saturated heterocycles. The van der Waals surface area contributed by atoms with E-state index in [0.717, 1.165) is 37.4 Å². The van der Waals surface area contributed by atoms with Crippen molar-refractivity contribution < 1.29 is 14.4 Å². The fourth-order valence-corrected chi connectivity index (χ4v) is 4.83. The van der Waals surface area contributed by atoms with Crippen molar-refractivity contribution in [2.45, 2.75) is 19.9 Å². The van der Waals surface area contributed by atoms with Gasteiger partial charge >= 0.3 is 0 Å². The van der Waals surface area contributed by atoms with E-state index in [0.29, 0.717) is 40.4 Å². The van der Waals surface area contributed by atoms with Crippen molar-refractivity contribution in [1.29, 1.82) is 0 Å². The highest BCUT2D eigenvalue weighted by Crippen LogP contribution is 2.43. The second-order valence-electron chi connectivity index (χ2n) is 7.37. The second kappa shape index (κ2) is 7.13. The lowest BCUT2D eigenvalue weighted by Gasteiger charge is -2.36. The quantitative estimate of drug-likeness (QED) is 0.851. The number of aliphatic hydroxyl groups is 1. The molecule has 7 heteroatoms. The molecule has 26 heavy (non-hydrogen) atoms. The second-order valence-corrected chi connectivity index (χ2v) is 8.19. The Morgan fingerprint density at radius 2 is 2.12 bits per heavy atom. The van der Waals surface area contributed by atoms with E-state index in [-0.39, 0.29) is 12.0 Å². The van der Waals surface area contributed by atoms with Crippen molar-refractivity contribution in [2.75, 3.05) is 32.9 Å². The van der Waals surface area contributed by atoms with Crippen molar-refractivity contribution >= 4 is 23.2 Å². The number of aliphatic hydroxyl groups excluding tert-OH is 1. The average Bonchev–Trinajstić information content (AvgIpc) is 3.17. The van der Waals surface area contributed by atoms with E-state index in [9.17, 15) is 5.11 Å². The highest BCUT2D eigenvalue weighted by Gasteiger charge is 2.48. The highest BCUT2D eigenvalue weighted by molar-refractivity contribution is 6.39. The van der Waals surface area contributed by atoms with Crippen LogP contribution in [0.25, 0.3) is 11.3 Å². The molecule has 1 aromatic carbocycles. The zero-order valence-corrected chi connectivity index (χ0v) is 16.2. The topological polar surface area (TPSA) is 58.7 Å². The van der Waals surface area contributed by atoms with Gasteiger partial charge in [-0.05, 0) is 25.5 Å². The number of fused-ring (bicyclic) bond motifs is 1. The molecule has 140 valence electrons. The molecular weight excluding hydrogens is 375 g/mol. The van der Waals surface area contributed by atoms with Crippen LogP contribution in [0.4, 0.5) is 0 Å². The van der Waals surface area contributed by atoms with Gasteiger partial charge in [0.25, 0.3) is 0 Å². The van der Waals surface area contributed by atoms with Crippen LogP contribution in [0.15, 0.2) is 22.7 Å². The van der Waals surface area contributed by atoms with Crippen LogP contribution in [0, 0.1) is 18.3 Å². The van der Waals surface area contributed by atoms with Gasteiger partial charge in [0.2, 0.25) is 0 Å². The van der Waals surface area contributed by atoms with E-state index in [1.807, 2.05) is 13.0 Å². The lowest BCUT2D eigenvalue weighted by atomic mass is 9.75. The summed E-state index contributed by atoms with van der Waals surface area (Å²) in [6.07, 6.45) is 0.899. The van der Waals surface area contributed by atoms with Crippen LogP contribution in [-0.4, -0.2) is 48.1 Å². The van der Waals surface area contributed by atoms with Crippen LogP contribution in [0.1, 0.15) is 17.7 Å². The fraction of sp³-hybridized carbons (Fsp3) is 0.526. The molecule has 1 N–H and O–H groups in total. The normalized spacial score (nSPS) is 26.2. The first-order valence-electron chi connectivity index (χ1n) is 8.84. The Kier molecular flexibility index (Phi) is 5.01. The minimum absolute atomic E-state index is 0.0640. The Bertz CT molecular complexity index is 790. The highest BCUT2D eigenvalue weighted by atomic mass is 35.5. The van der Waals surface area contributed by atoms with Crippen LogP contribution in [0.5, 0.6) is 0 Å². The van der Waals surface area contributed by atoms with E-state index < -0.39 is 0 Å². The molecule has 1 aromatic heterocycles. The van der Waals surface area contributed by atoms with Crippen LogP contribution in [-0.2, 0) is 11.3 Å². The Labute approximate surface area is 162 Å². The Morgan fingerprint density at radius 3 is 2.81 bits per heavy atom. The van der Waals surface area contributed by atoms with E-state index in [4.69, 9.17) is 32.5 Å². The molecule has 4 rings (SSSR count). The van der Waals surface area contributed by atoms with Crippen LogP contribution >= 0.6 is 23.2 Å². The molecule has 2 aliphatic heterocycles. The summed E-state index contributed by atoms with van der Waals surface area (Å²) in [6, 6.07) is 5.43. The molecule has 0 aliphatic carbocycles. The molecule has 3 heterocycles. The number of halogens is 2. The predicted octanol–water partition coefficient (Wildman–Crippen LogP) is 3.79. The van der Waals surface area contributed by atoms with Gasteiger partial charge in [0, 0.05) is 48.7 Å². The molecule has 2 atom stereocenters. The minimum Gasteiger partial charge on any atom is -0.396 e. The van der Waals surface area contributed by atoms with E-state index in [1.165, 1.54) is 0 Å². The van der Waals surface area contributed by atoms with E-state index in [1.54, 1.807) is 12.1 Å². The summed E-state index contributed by atoms with van der Waals surface area (Å²) in [5.74, 6) is 1.12. The van der Waals surface area contributed by atoms with Gasteiger partial charge in [0.15, 0.2) is 0 Å². The molecule has 0 amide bonds. The maximum Gasteiger partial charge on any atom is 0.138 e. The standard InChI is InChI=1S/C19H22Cl2N2O3/c1-12-14(18(22-26-12)17-15(20)3-2-4-16(17)21)8-23-7-13-9-25-6-5-19(13,10-23)11-24/h2-4,13,24H,5-11H2,1H3/t13-,19-/m1/s1. The SMILES string of the molecule is Cc1onc(-c2c(Cl)cccc2Cl)c1CN1C[C@@H]2COCC[C@]2(CO)C1. The maximum atomic E-state index is 10.0. The Morgan fingerprint density at radius 1 is 1.35 bits per heavy atom. The summed E-state index contributed by atoms with van der Waals surface area (Å²) in [4.78, 5) is 2.35. The number of nitrogens with zero attached hydrogens (tertiary/aromatic N) is 2. The molecule has 2 aromatic rings. The summed E-state index contributed by atoms with van der Waals surface area (Å²) in [7, 11) is 0. The third-order valence-electron chi connectivity index (χ3n) is 5.83. The summed E-state index contributed by atoms with van der Waals surface area (Å²) in [6.45, 7) is 5.96. The molecule has 0 bridgehead atoms. The lowest BCUT2D eigenvalue weighted by molar-refractivity contribution is -0.0417. The number of likely N-dealkylation sites (tertiary alicyclic amines) is 1. The number of benzene rings is 1. The molecular formula is C19H22Cl2N2O3. The van der Waals surface area contributed by atoms with Crippen molar-refractivity contribution in [3.05, 3.63) is 39.6 Å². The maximum absolute atomic E-state index is 10.0. The largest absolute Gasteiger partial charge is 0.396 e. The number of aryl methyl sites for hydroxylation is 1. The van der Waals surface area contributed by atoms with Gasteiger partial charge in [-0.15, -0.1) is 0 Å². The molecule has 2 aliphatic rings. The van der Waals surface area contributed by atoms with Crippen LogP contribution in [0.3, 0.4) is 0 Å². The molecule has 0 saturated carbocycles. The third-order valence-corrected chi connectivity index (χ3v) is 6.46. The first-order chi connectivity index (χ1) is 12.5. The van der Waals surface area contributed by atoms with Gasteiger partial charge in [-0.3, -0.25) is 4.90 Å². The van der Waals surface area contributed by atoms with Crippen molar-refractivity contribution in [3.8, 4) is 11.3 Å². The first kappa shape index (κ1) is 18.3. The van der Waals surface area contributed by atoms with Gasteiger partial charge in [0.1, 0.15) is 11.5 Å². The van der Waals surface area contributed by atoms with E-state index in [2.05, 4.69) is 10.1 Å². The average molecular weight is 397 g/mol. The van der Waals surface area contributed by atoms with E-state index >= 15 is 0 Å².